The van der Waals surface area contributed by atoms with Crippen molar-refractivity contribution in [3.8, 4) is 0 Å². The molecule has 8 heteroatoms. The van der Waals surface area contributed by atoms with Gasteiger partial charge in [0.05, 0.1) is 12.0 Å². The highest BCUT2D eigenvalue weighted by Crippen LogP contribution is 2.26. The van der Waals surface area contributed by atoms with Crippen LogP contribution in [0.5, 0.6) is 0 Å². The predicted octanol–water partition coefficient (Wildman–Crippen LogP) is 0.861. The van der Waals surface area contributed by atoms with Crippen LogP contribution in [0.2, 0.25) is 0 Å². The van der Waals surface area contributed by atoms with E-state index in [1.807, 2.05) is 37.8 Å². The van der Waals surface area contributed by atoms with Gasteiger partial charge in [-0.1, -0.05) is 19.9 Å². The molecular formula is C18H28BN3O4. The smallest absolute Gasteiger partial charge is 0.426 e. The standard InChI is InChI=1S/C18H28BN3O4/c1-12(2)10-16(19(25)26)21-18(24)7-5-15(23)14-8-9-22(14)17-6-4-13(3)11-20-17/h4,6,11-12,14,16,25-26H,5,7-10H2,1-3H3,(H,21,24). The van der Waals surface area contributed by atoms with Crippen LogP contribution in [0.25, 0.3) is 0 Å². The molecule has 2 unspecified atom stereocenters. The summed E-state index contributed by atoms with van der Waals surface area (Å²) >= 11 is 0. The van der Waals surface area contributed by atoms with Gasteiger partial charge in [0.1, 0.15) is 5.82 Å². The Morgan fingerprint density at radius 1 is 1.35 bits per heavy atom. The van der Waals surface area contributed by atoms with Crippen LogP contribution in [0, 0.1) is 12.8 Å². The second kappa shape index (κ2) is 9.14. The van der Waals surface area contributed by atoms with E-state index in [4.69, 9.17) is 0 Å². The van der Waals surface area contributed by atoms with Crippen LogP contribution >= 0.6 is 0 Å². The fourth-order valence-electron chi connectivity index (χ4n) is 3.07. The summed E-state index contributed by atoms with van der Waals surface area (Å²) in [6.07, 6.45) is 3.19. The largest absolute Gasteiger partial charge is 0.475 e. The average Bonchev–Trinajstić information content (AvgIpc) is 2.53. The average molecular weight is 361 g/mol. The summed E-state index contributed by atoms with van der Waals surface area (Å²) in [7, 11) is -1.60. The van der Waals surface area contributed by atoms with Gasteiger partial charge in [-0.05, 0) is 37.3 Å². The van der Waals surface area contributed by atoms with Gasteiger partial charge in [-0.25, -0.2) is 4.98 Å². The molecule has 2 rings (SSSR count). The number of pyridine rings is 1. The van der Waals surface area contributed by atoms with Crippen LogP contribution in [0.1, 0.15) is 45.1 Å². The third kappa shape index (κ3) is 5.54. The lowest BCUT2D eigenvalue weighted by Crippen LogP contribution is -2.53. The number of carbonyl (C=O) groups excluding carboxylic acids is 2. The third-order valence-electron chi connectivity index (χ3n) is 4.61. The Morgan fingerprint density at radius 2 is 2.08 bits per heavy atom. The van der Waals surface area contributed by atoms with E-state index in [-0.39, 0.29) is 36.5 Å². The predicted molar refractivity (Wildman–Crippen MR) is 101 cm³/mol. The minimum atomic E-state index is -1.60. The van der Waals surface area contributed by atoms with Crippen molar-refractivity contribution in [3.63, 3.8) is 0 Å². The van der Waals surface area contributed by atoms with Crippen molar-refractivity contribution in [1.82, 2.24) is 10.3 Å². The van der Waals surface area contributed by atoms with Crippen molar-refractivity contribution in [3.05, 3.63) is 23.9 Å². The molecular weight excluding hydrogens is 333 g/mol. The number of anilines is 1. The molecule has 3 N–H and O–H groups in total. The van der Waals surface area contributed by atoms with Crippen molar-refractivity contribution < 1.29 is 19.6 Å². The first kappa shape index (κ1) is 20.4. The van der Waals surface area contributed by atoms with Gasteiger partial charge in [-0.15, -0.1) is 0 Å². The van der Waals surface area contributed by atoms with E-state index in [9.17, 15) is 19.6 Å². The molecule has 1 aromatic heterocycles. The van der Waals surface area contributed by atoms with E-state index < -0.39 is 13.1 Å². The van der Waals surface area contributed by atoms with Gasteiger partial charge in [0.15, 0.2) is 5.78 Å². The maximum Gasteiger partial charge on any atom is 0.475 e. The molecule has 0 bridgehead atoms. The van der Waals surface area contributed by atoms with Crippen LogP contribution in [0.15, 0.2) is 18.3 Å². The highest BCUT2D eigenvalue weighted by atomic mass is 16.4. The topological polar surface area (TPSA) is 103 Å². The van der Waals surface area contributed by atoms with Crippen molar-refractivity contribution >= 4 is 24.6 Å². The summed E-state index contributed by atoms with van der Waals surface area (Å²) in [5.74, 6) is -0.0379. The minimum Gasteiger partial charge on any atom is -0.426 e. The summed E-state index contributed by atoms with van der Waals surface area (Å²) in [6, 6.07) is 3.64. The molecule has 1 aliphatic heterocycles. The molecule has 1 aromatic rings. The van der Waals surface area contributed by atoms with Crippen LogP contribution < -0.4 is 10.2 Å². The number of carbonyl (C=O) groups is 2. The zero-order chi connectivity index (χ0) is 19.3. The van der Waals surface area contributed by atoms with Crippen molar-refractivity contribution in [2.24, 2.45) is 5.92 Å². The lowest BCUT2D eigenvalue weighted by atomic mass is 9.75. The maximum atomic E-state index is 12.4. The van der Waals surface area contributed by atoms with Gasteiger partial charge >= 0.3 is 7.12 Å². The monoisotopic (exact) mass is 361 g/mol. The van der Waals surface area contributed by atoms with Gasteiger partial charge in [-0.2, -0.15) is 0 Å². The second-order valence-electron chi connectivity index (χ2n) is 7.38. The highest BCUT2D eigenvalue weighted by molar-refractivity contribution is 6.43. The van der Waals surface area contributed by atoms with Crippen LogP contribution in [-0.2, 0) is 9.59 Å². The summed E-state index contributed by atoms with van der Waals surface area (Å²) in [5.41, 5.74) is 1.07. The Kier molecular flexibility index (Phi) is 7.17. The first-order valence-electron chi connectivity index (χ1n) is 9.15. The van der Waals surface area contributed by atoms with Gasteiger partial charge in [0.25, 0.3) is 0 Å². The number of nitrogens with zero attached hydrogens (tertiary/aromatic N) is 2. The zero-order valence-corrected chi connectivity index (χ0v) is 15.7. The number of ketones is 1. The number of Topliss-reactive ketones (excluding diaryl/α,β-unsaturated/α-hetero) is 1. The number of hydrogen-bond donors (Lipinski definition) is 3. The van der Waals surface area contributed by atoms with Crippen molar-refractivity contribution in [1.29, 1.82) is 0 Å². The molecule has 0 aliphatic carbocycles. The maximum absolute atomic E-state index is 12.4. The molecule has 1 saturated heterocycles. The number of rotatable bonds is 9. The van der Waals surface area contributed by atoms with Crippen molar-refractivity contribution in [2.75, 3.05) is 11.4 Å². The third-order valence-corrected chi connectivity index (χ3v) is 4.61. The lowest BCUT2D eigenvalue weighted by molar-refractivity contribution is -0.126. The van der Waals surface area contributed by atoms with Crippen LogP contribution in [0.4, 0.5) is 5.82 Å². The van der Waals surface area contributed by atoms with Gasteiger partial charge in [0.2, 0.25) is 5.91 Å². The first-order chi connectivity index (χ1) is 12.3. The number of hydrogen-bond acceptors (Lipinski definition) is 6. The molecule has 2 atom stereocenters. The van der Waals surface area contributed by atoms with E-state index in [0.717, 1.165) is 24.3 Å². The van der Waals surface area contributed by atoms with E-state index in [1.165, 1.54) is 0 Å². The summed E-state index contributed by atoms with van der Waals surface area (Å²) in [4.78, 5) is 30.8. The molecule has 7 nitrogen and oxygen atoms in total. The second-order valence-corrected chi connectivity index (χ2v) is 7.38. The quantitative estimate of drug-likeness (QED) is 0.564. The number of amides is 1. The van der Waals surface area contributed by atoms with E-state index in [0.29, 0.717) is 6.42 Å². The first-order valence-corrected chi connectivity index (χ1v) is 9.15. The molecule has 0 spiro atoms. The molecule has 2 heterocycles. The summed E-state index contributed by atoms with van der Waals surface area (Å²) in [6.45, 7) is 6.63. The van der Waals surface area contributed by atoms with E-state index >= 15 is 0 Å². The number of aromatic nitrogens is 1. The normalized spacial score (nSPS) is 17.6. The lowest BCUT2D eigenvalue weighted by Gasteiger charge is -2.40. The Labute approximate surface area is 155 Å². The van der Waals surface area contributed by atoms with Gasteiger partial charge in [-0.3, -0.25) is 9.59 Å². The fourth-order valence-corrected chi connectivity index (χ4v) is 3.07. The molecule has 1 fully saturated rings. The molecule has 1 aliphatic rings. The Hall–Kier alpha value is -1.93. The molecule has 0 radical (unpaired) electrons. The molecule has 0 saturated carbocycles. The number of aryl methyl sites for hydroxylation is 1. The Bertz CT molecular complexity index is 621. The molecule has 0 aromatic carbocycles. The minimum absolute atomic E-state index is 0.0127. The number of nitrogens with one attached hydrogen (secondary N) is 1. The van der Waals surface area contributed by atoms with Crippen LogP contribution in [-0.4, -0.2) is 52.4 Å². The van der Waals surface area contributed by atoms with E-state index in [2.05, 4.69) is 10.3 Å². The Balaban J connectivity index is 1.82. The van der Waals surface area contributed by atoms with Gasteiger partial charge < -0.3 is 20.3 Å². The van der Waals surface area contributed by atoms with Crippen molar-refractivity contribution in [2.45, 2.75) is 58.4 Å². The summed E-state index contributed by atoms with van der Waals surface area (Å²) in [5, 5.41) is 21.3. The summed E-state index contributed by atoms with van der Waals surface area (Å²) < 4.78 is 0. The molecule has 142 valence electrons. The molecule has 1 amide bonds. The van der Waals surface area contributed by atoms with Crippen LogP contribution in [0.3, 0.4) is 0 Å². The van der Waals surface area contributed by atoms with Gasteiger partial charge in [0, 0.05) is 25.6 Å². The Morgan fingerprint density at radius 3 is 2.58 bits per heavy atom. The highest BCUT2D eigenvalue weighted by Gasteiger charge is 2.35. The molecule has 26 heavy (non-hydrogen) atoms. The zero-order valence-electron chi connectivity index (χ0n) is 15.7. The fraction of sp³-hybridized carbons (Fsp3) is 0.611. The SMILES string of the molecule is Cc1ccc(N2CCC2C(=O)CCC(=O)NC(CC(C)C)B(O)O)nc1. The van der Waals surface area contributed by atoms with E-state index in [1.54, 1.807) is 6.20 Å².